The average Bonchev–Trinajstić information content (AvgIpc) is 2.24. The molecule has 0 aromatic rings. The lowest BCUT2D eigenvalue weighted by Gasteiger charge is -2.00. The molecule has 2 heteroatoms. The fourth-order valence-corrected chi connectivity index (χ4v) is 1.15. The van der Waals surface area contributed by atoms with Crippen LogP contribution in [0.2, 0.25) is 0 Å². The Morgan fingerprint density at radius 2 is 1.87 bits per heavy atom. The number of esters is 1. The van der Waals surface area contributed by atoms with Crippen molar-refractivity contribution in [3.05, 3.63) is 0 Å². The summed E-state index contributed by atoms with van der Waals surface area (Å²) >= 11 is 0. The summed E-state index contributed by atoms with van der Waals surface area (Å²) in [5.41, 5.74) is 0. The van der Waals surface area contributed by atoms with Gasteiger partial charge in [0.05, 0.1) is 0 Å². The van der Waals surface area contributed by atoms with E-state index in [9.17, 15) is 4.79 Å². The molecule has 0 aliphatic rings. The Balaban J connectivity index is 3.30. The van der Waals surface area contributed by atoms with Crippen molar-refractivity contribution in [1.29, 1.82) is 0 Å². The molecule has 0 bridgehead atoms. The van der Waals surface area contributed by atoms with E-state index in [1.165, 1.54) is 12.8 Å². The fourth-order valence-electron chi connectivity index (χ4n) is 1.15. The third-order valence-electron chi connectivity index (χ3n) is 2.04. The van der Waals surface area contributed by atoms with E-state index >= 15 is 0 Å². The smallest absolute Gasteiger partial charge is 0.306 e. The van der Waals surface area contributed by atoms with Crippen molar-refractivity contribution < 1.29 is 9.53 Å². The third-order valence-corrected chi connectivity index (χ3v) is 2.04. The topological polar surface area (TPSA) is 26.3 Å². The van der Waals surface area contributed by atoms with Gasteiger partial charge in [-0.05, 0) is 12.8 Å². The molecule has 0 spiro atoms. The van der Waals surface area contributed by atoms with Crippen molar-refractivity contribution in [1.82, 2.24) is 0 Å². The van der Waals surface area contributed by atoms with Gasteiger partial charge in [0.25, 0.3) is 0 Å². The minimum absolute atomic E-state index is 0.114. The number of hydrogen-bond donors (Lipinski definition) is 0. The van der Waals surface area contributed by atoms with Gasteiger partial charge in [0.1, 0.15) is 0 Å². The van der Waals surface area contributed by atoms with Crippen molar-refractivity contribution in [2.24, 2.45) is 0 Å². The zero-order valence-electron chi connectivity index (χ0n) is 9.97. The molecule has 0 aliphatic heterocycles. The van der Waals surface area contributed by atoms with Gasteiger partial charge in [-0.2, -0.15) is 0 Å². The fraction of sp³-hybridized carbons (Fsp3) is 0.769. The highest BCUT2D eigenvalue weighted by Crippen LogP contribution is 2.03. The van der Waals surface area contributed by atoms with Crippen LogP contribution in [-0.2, 0) is 9.53 Å². The van der Waals surface area contributed by atoms with Crippen molar-refractivity contribution in [3.63, 3.8) is 0 Å². The van der Waals surface area contributed by atoms with E-state index in [0.717, 1.165) is 25.7 Å². The lowest BCUT2D eigenvalue weighted by atomic mass is 10.2. The van der Waals surface area contributed by atoms with Gasteiger partial charge in [0.2, 0.25) is 0 Å². The van der Waals surface area contributed by atoms with Crippen LogP contribution in [0.3, 0.4) is 0 Å². The largest absolute Gasteiger partial charge is 0.452 e. The molecule has 0 unspecified atom stereocenters. The standard InChI is InChI=1S/C13H22O2/c1-3-5-7-9-11-13(14)15-12-10-8-6-4-2/h3-7,9,11-12H2,1-2H3. The van der Waals surface area contributed by atoms with Gasteiger partial charge in [-0.15, -0.1) is 0 Å². The van der Waals surface area contributed by atoms with Crippen molar-refractivity contribution in [2.45, 2.75) is 58.8 Å². The third kappa shape index (κ3) is 11.0. The average molecular weight is 210 g/mol. The van der Waals surface area contributed by atoms with Crippen LogP contribution in [-0.4, -0.2) is 12.6 Å². The Hall–Kier alpha value is -0.970. The Morgan fingerprint density at radius 1 is 1.07 bits per heavy atom. The summed E-state index contributed by atoms with van der Waals surface area (Å²) in [5.74, 6) is 5.65. The van der Waals surface area contributed by atoms with Gasteiger partial charge in [0.15, 0.2) is 6.61 Å². The second-order valence-electron chi connectivity index (χ2n) is 3.57. The number of hydrogen-bond acceptors (Lipinski definition) is 2. The highest BCUT2D eigenvalue weighted by Gasteiger charge is 2.00. The highest BCUT2D eigenvalue weighted by molar-refractivity contribution is 5.69. The van der Waals surface area contributed by atoms with E-state index < -0.39 is 0 Å². The van der Waals surface area contributed by atoms with E-state index in [2.05, 4.69) is 25.7 Å². The van der Waals surface area contributed by atoms with E-state index in [1.807, 2.05) is 0 Å². The predicted octanol–water partition coefficient (Wildman–Crippen LogP) is 3.30. The Morgan fingerprint density at radius 3 is 2.53 bits per heavy atom. The van der Waals surface area contributed by atoms with E-state index in [-0.39, 0.29) is 12.6 Å². The van der Waals surface area contributed by atoms with Gasteiger partial charge in [0, 0.05) is 12.8 Å². The molecule has 0 heterocycles. The molecule has 86 valence electrons. The predicted molar refractivity (Wildman–Crippen MR) is 62.4 cm³/mol. The van der Waals surface area contributed by atoms with Gasteiger partial charge in [-0.25, -0.2) is 0 Å². The number of carbonyl (C=O) groups excluding carboxylic acids is 1. The molecule has 0 saturated carbocycles. The first kappa shape index (κ1) is 14.0. The van der Waals surface area contributed by atoms with Gasteiger partial charge < -0.3 is 4.74 Å². The Kier molecular flexibility index (Phi) is 10.4. The van der Waals surface area contributed by atoms with Gasteiger partial charge >= 0.3 is 5.97 Å². The number of rotatable bonds is 7. The van der Waals surface area contributed by atoms with Crippen LogP contribution < -0.4 is 0 Å². The van der Waals surface area contributed by atoms with Gasteiger partial charge in [-0.3, -0.25) is 4.79 Å². The van der Waals surface area contributed by atoms with Crippen LogP contribution in [0, 0.1) is 11.8 Å². The summed E-state index contributed by atoms with van der Waals surface area (Å²) in [6.07, 6.45) is 6.92. The maximum atomic E-state index is 11.1. The lowest BCUT2D eigenvalue weighted by molar-refractivity contribution is -0.142. The number of unbranched alkanes of at least 4 members (excludes halogenated alkanes) is 4. The molecular weight excluding hydrogens is 188 g/mol. The molecule has 0 N–H and O–H groups in total. The highest BCUT2D eigenvalue weighted by atomic mass is 16.5. The normalized spacial score (nSPS) is 9.20. The van der Waals surface area contributed by atoms with Crippen LogP contribution in [0.25, 0.3) is 0 Å². The summed E-state index contributed by atoms with van der Waals surface area (Å²) in [4.78, 5) is 11.1. The van der Waals surface area contributed by atoms with Crippen LogP contribution in [0.15, 0.2) is 0 Å². The molecule has 0 saturated heterocycles. The molecule has 0 atom stereocenters. The molecule has 0 fully saturated rings. The minimum atomic E-state index is -0.114. The Labute approximate surface area is 93.4 Å². The summed E-state index contributed by atoms with van der Waals surface area (Å²) in [6.45, 7) is 4.49. The first-order valence-corrected chi connectivity index (χ1v) is 5.92. The first-order chi connectivity index (χ1) is 7.31. The zero-order valence-corrected chi connectivity index (χ0v) is 9.97. The molecule has 0 amide bonds. The summed E-state index contributed by atoms with van der Waals surface area (Å²) in [6, 6.07) is 0. The van der Waals surface area contributed by atoms with E-state index in [1.54, 1.807) is 0 Å². The second kappa shape index (κ2) is 11.1. The molecule has 2 nitrogen and oxygen atoms in total. The summed E-state index contributed by atoms with van der Waals surface area (Å²) < 4.78 is 4.96. The molecular formula is C13H22O2. The lowest BCUT2D eigenvalue weighted by Crippen LogP contribution is -2.04. The second-order valence-corrected chi connectivity index (χ2v) is 3.57. The van der Waals surface area contributed by atoms with Crippen LogP contribution in [0.1, 0.15) is 58.8 Å². The molecule has 0 rings (SSSR count). The summed E-state index contributed by atoms with van der Waals surface area (Å²) in [7, 11) is 0. The van der Waals surface area contributed by atoms with Crippen LogP contribution >= 0.6 is 0 Å². The molecule has 15 heavy (non-hydrogen) atoms. The molecule has 0 aromatic carbocycles. The maximum Gasteiger partial charge on any atom is 0.306 e. The quantitative estimate of drug-likeness (QED) is 0.366. The number of ether oxygens (including phenoxy) is 1. The van der Waals surface area contributed by atoms with E-state index in [4.69, 9.17) is 4.74 Å². The van der Waals surface area contributed by atoms with Crippen molar-refractivity contribution >= 4 is 5.97 Å². The molecule has 0 aliphatic carbocycles. The molecule has 0 radical (unpaired) electrons. The monoisotopic (exact) mass is 210 g/mol. The van der Waals surface area contributed by atoms with Crippen LogP contribution in [0.4, 0.5) is 0 Å². The van der Waals surface area contributed by atoms with E-state index in [0.29, 0.717) is 6.42 Å². The van der Waals surface area contributed by atoms with Crippen molar-refractivity contribution in [2.75, 3.05) is 6.61 Å². The van der Waals surface area contributed by atoms with Crippen LogP contribution in [0.5, 0.6) is 0 Å². The van der Waals surface area contributed by atoms with Gasteiger partial charge in [-0.1, -0.05) is 45.0 Å². The maximum absolute atomic E-state index is 11.1. The number of carbonyl (C=O) groups is 1. The minimum Gasteiger partial charge on any atom is -0.452 e. The molecule has 0 aromatic heterocycles. The first-order valence-electron chi connectivity index (χ1n) is 5.92. The summed E-state index contributed by atoms with van der Waals surface area (Å²) in [5, 5.41) is 0. The zero-order chi connectivity index (χ0) is 11.4. The Bertz CT molecular complexity index is 210. The van der Waals surface area contributed by atoms with Crippen molar-refractivity contribution in [3.8, 4) is 11.8 Å². The SMILES string of the molecule is CCCC#CCOC(=O)CCCCCC.